The first-order valence-corrected chi connectivity index (χ1v) is 7.52. The molecule has 1 atom stereocenters. The zero-order chi connectivity index (χ0) is 15.1. The average molecular weight is 287 g/mol. The van der Waals surface area contributed by atoms with Gasteiger partial charge in [0.1, 0.15) is 0 Å². The van der Waals surface area contributed by atoms with Crippen molar-refractivity contribution >= 4 is 5.69 Å². The molecular weight excluding hydrogens is 262 g/mol. The summed E-state index contributed by atoms with van der Waals surface area (Å²) in [6.45, 7) is 5.95. The Hall–Kier alpha value is -1.81. The zero-order valence-corrected chi connectivity index (χ0v) is 13.1. The van der Waals surface area contributed by atoms with E-state index in [0.717, 1.165) is 18.7 Å². The zero-order valence-electron chi connectivity index (χ0n) is 13.1. The molecule has 114 valence electrons. The van der Waals surface area contributed by atoms with Crippen LogP contribution in [-0.2, 0) is 11.3 Å². The van der Waals surface area contributed by atoms with E-state index in [1.54, 1.807) is 7.11 Å². The Morgan fingerprint density at radius 2 is 2.00 bits per heavy atom. The molecule has 1 aromatic heterocycles. The molecule has 21 heavy (non-hydrogen) atoms. The molecule has 2 aromatic rings. The lowest BCUT2D eigenvalue weighted by atomic mass is 9.97. The van der Waals surface area contributed by atoms with Gasteiger partial charge in [0.2, 0.25) is 0 Å². The first-order valence-electron chi connectivity index (χ1n) is 7.52. The van der Waals surface area contributed by atoms with Gasteiger partial charge in [-0.2, -0.15) is 5.10 Å². The fraction of sp³-hybridized carbons (Fsp3) is 0.471. The van der Waals surface area contributed by atoms with Crippen LogP contribution in [0.1, 0.15) is 31.9 Å². The van der Waals surface area contributed by atoms with Crippen molar-refractivity contribution in [3.63, 3.8) is 0 Å². The average Bonchev–Trinajstić information content (AvgIpc) is 2.92. The van der Waals surface area contributed by atoms with Gasteiger partial charge in [0.15, 0.2) is 0 Å². The lowest BCUT2D eigenvalue weighted by Gasteiger charge is -2.21. The normalized spacial score (nSPS) is 12.6. The number of ether oxygens (including phenoxy) is 1. The van der Waals surface area contributed by atoms with Crippen molar-refractivity contribution in [1.82, 2.24) is 9.78 Å². The molecule has 0 radical (unpaired) electrons. The van der Waals surface area contributed by atoms with Gasteiger partial charge in [-0.25, -0.2) is 0 Å². The molecule has 2 rings (SSSR count). The summed E-state index contributed by atoms with van der Waals surface area (Å²) in [6, 6.07) is 10.9. The predicted octanol–water partition coefficient (Wildman–Crippen LogP) is 3.73. The van der Waals surface area contributed by atoms with E-state index >= 15 is 0 Å². The van der Waals surface area contributed by atoms with Gasteiger partial charge in [-0.15, -0.1) is 0 Å². The summed E-state index contributed by atoms with van der Waals surface area (Å²) in [4.78, 5) is 0. The number of benzene rings is 1. The number of anilines is 1. The van der Waals surface area contributed by atoms with Gasteiger partial charge in [-0.05, 0) is 17.9 Å². The van der Waals surface area contributed by atoms with Crippen LogP contribution in [0.25, 0.3) is 0 Å². The Morgan fingerprint density at radius 1 is 1.24 bits per heavy atom. The van der Waals surface area contributed by atoms with Crippen molar-refractivity contribution in [2.24, 2.45) is 5.92 Å². The maximum absolute atomic E-state index is 5.08. The predicted molar refractivity (Wildman–Crippen MR) is 86.4 cm³/mol. The third kappa shape index (κ3) is 4.90. The number of hydrogen-bond acceptors (Lipinski definition) is 3. The Labute approximate surface area is 127 Å². The first kappa shape index (κ1) is 15.6. The molecule has 0 spiro atoms. The third-order valence-electron chi connectivity index (χ3n) is 3.41. The molecule has 0 aliphatic carbocycles. The van der Waals surface area contributed by atoms with Gasteiger partial charge in [-0.3, -0.25) is 4.68 Å². The highest BCUT2D eigenvalue weighted by atomic mass is 16.5. The van der Waals surface area contributed by atoms with Gasteiger partial charge in [0.25, 0.3) is 0 Å². The van der Waals surface area contributed by atoms with Crippen molar-refractivity contribution in [1.29, 1.82) is 0 Å². The van der Waals surface area contributed by atoms with Crippen LogP contribution in [0, 0.1) is 5.92 Å². The van der Waals surface area contributed by atoms with Crippen molar-refractivity contribution in [2.75, 3.05) is 19.0 Å². The van der Waals surface area contributed by atoms with Gasteiger partial charge >= 0.3 is 0 Å². The van der Waals surface area contributed by atoms with Crippen LogP contribution in [0.2, 0.25) is 0 Å². The largest absolute Gasteiger partial charge is 0.383 e. The van der Waals surface area contributed by atoms with E-state index in [1.165, 1.54) is 5.56 Å². The Bertz CT molecular complexity index is 522. The topological polar surface area (TPSA) is 39.1 Å². The summed E-state index contributed by atoms with van der Waals surface area (Å²) in [7, 11) is 1.71. The van der Waals surface area contributed by atoms with E-state index in [0.29, 0.717) is 18.6 Å². The van der Waals surface area contributed by atoms with Gasteiger partial charge < -0.3 is 10.1 Å². The van der Waals surface area contributed by atoms with E-state index in [1.807, 2.05) is 17.1 Å². The number of nitrogens with zero attached hydrogens (tertiary/aromatic N) is 2. The van der Waals surface area contributed by atoms with Crippen LogP contribution in [0.4, 0.5) is 5.69 Å². The summed E-state index contributed by atoms with van der Waals surface area (Å²) in [5.74, 6) is 0.631. The lowest BCUT2D eigenvalue weighted by Crippen LogP contribution is -2.13. The SMILES string of the molecule is COCCn1cc(NC(CC(C)C)c2ccccc2)cn1. The molecule has 1 unspecified atom stereocenters. The maximum Gasteiger partial charge on any atom is 0.0731 e. The van der Waals surface area contributed by atoms with Crippen LogP contribution < -0.4 is 5.32 Å². The molecule has 0 amide bonds. The molecule has 0 aliphatic rings. The molecule has 1 N–H and O–H groups in total. The minimum atomic E-state index is 0.311. The van der Waals surface area contributed by atoms with Crippen molar-refractivity contribution in [3.8, 4) is 0 Å². The lowest BCUT2D eigenvalue weighted by molar-refractivity contribution is 0.183. The number of nitrogens with one attached hydrogen (secondary N) is 1. The van der Waals surface area contributed by atoms with Crippen molar-refractivity contribution < 1.29 is 4.74 Å². The van der Waals surface area contributed by atoms with Gasteiger partial charge in [0, 0.05) is 13.3 Å². The monoisotopic (exact) mass is 287 g/mol. The summed E-state index contributed by atoms with van der Waals surface area (Å²) in [6.07, 6.45) is 5.01. The van der Waals surface area contributed by atoms with E-state index in [9.17, 15) is 0 Å². The highest BCUT2D eigenvalue weighted by Crippen LogP contribution is 2.25. The minimum Gasteiger partial charge on any atom is -0.383 e. The van der Waals surface area contributed by atoms with E-state index in [2.05, 4.69) is 54.6 Å². The second-order valence-corrected chi connectivity index (χ2v) is 5.72. The molecule has 4 heteroatoms. The molecule has 0 aliphatic heterocycles. The Balaban J connectivity index is 2.06. The molecule has 1 aromatic carbocycles. The summed E-state index contributed by atoms with van der Waals surface area (Å²) in [5, 5.41) is 7.95. The second kappa shape index (κ2) is 7.84. The van der Waals surface area contributed by atoms with Gasteiger partial charge in [-0.1, -0.05) is 44.2 Å². The first-order chi connectivity index (χ1) is 10.2. The number of aromatic nitrogens is 2. The van der Waals surface area contributed by atoms with Crippen molar-refractivity contribution in [3.05, 3.63) is 48.3 Å². The van der Waals surface area contributed by atoms with Crippen LogP contribution >= 0.6 is 0 Å². The molecule has 1 heterocycles. The maximum atomic E-state index is 5.08. The molecule has 0 saturated heterocycles. The van der Waals surface area contributed by atoms with Crippen LogP contribution in [-0.4, -0.2) is 23.5 Å². The van der Waals surface area contributed by atoms with Crippen molar-refractivity contribution in [2.45, 2.75) is 32.9 Å². The molecule has 0 fully saturated rings. The van der Waals surface area contributed by atoms with E-state index in [4.69, 9.17) is 4.74 Å². The molecule has 0 bridgehead atoms. The number of rotatable bonds is 8. The Morgan fingerprint density at radius 3 is 2.67 bits per heavy atom. The van der Waals surface area contributed by atoms with E-state index in [-0.39, 0.29) is 0 Å². The van der Waals surface area contributed by atoms with E-state index < -0.39 is 0 Å². The van der Waals surface area contributed by atoms with Crippen LogP contribution in [0.3, 0.4) is 0 Å². The van der Waals surface area contributed by atoms with Crippen LogP contribution in [0.5, 0.6) is 0 Å². The Kier molecular flexibility index (Phi) is 5.81. The highest BCUT2D eigenvalue weighted by molar-refractivity contribution is 5.41. The standard InChI is InChI=1S/C17H25N3O/c1-14(2)11-17(15-7-5-4-6-8-15)19-16-12-18-20(13-16)9-10-21-3/h4-8,12-14,17,19H,9-11H2,1-3H3. The fourth-order valence-corrected chi connectivity index (χ4v) is 2.38. The summed E-state index contributed by atoms with van der Waals surface area (Å²) < 4.78 is 6.98. The highest BCUT2D eigenvalue weighted by Gasteiger charge is 2.13. The quantitative estimate of drug-likeness (QED) is 0.804. The number of hydrogen-bond donors (Lipinski definition) is 1. The smallest absolute Gasteiger partial charge is 0.0731 e. The van der Waals surface area contributed by atoms with Gasteiger partial charge in [0.05, 0.1) is 31.1 Å². The second-order valence-electron chi connectivity index (χ2n) is 5.72. The minimum absolute atomic E-state index is 0.311. The molecule has 4 nitrogen and oxygen atoms in total. The van der Waals surface area contributed by atoms with Crippen LogP contribution in [0.15, 0.2) is 42.7 Å². The summed E-state index contributed by atoms with van der Waals surface area (Å²) in [5.41, 5.74) is 2.37. The molecular formula is C17H25N3O. The third-order valence-corrected chi connectivity index (χ3v) is 3.41. The summed E-state index contributed by atoms with van der Waals surface area (Å²) >= 11 is 0. The molecule has 0 saturated carbocycles. The fourth-order valence-electron chi connectivity index (χ4n) is 2.38. The number of methoxy groups -OCH3 is 1.